The first kappa shape index (κ1) is 11.8. The lowest BCUT2D eigenvalue weighted by Crippen LogP contribution is -2.34. The second-order valence-corrected chi connectivity index (χ2v) is 5.88. The third-order valence-electron chi connectivity index (χ3n) is 4.34. The van der Waals surface area contributed by atoms with Gasteiger partial charge in [0.25, 0.3) is 0 Å². The van der Waals surface area contributed by atoms with Crippen LogP contribution in [0.3, 0.4) is 0 Å². The fourth-order valence-corrected chi connectivity index (χ4v) is 3.26. The fraction of sp³-hybridized carbons (Fsp3) is 0.600. The average Bonchev–Trinajstić information content (AvgIpc) is 3.20. The minimum Gasteiger partial charge on any atom is -0.491 e. The van der Waals surface area contributed by atoms with Gasteiger partial charge in [-0.1, -0.05) is 13.0 Å². The van der Waals surface area contributed by atoms with Gasteiger partial charge in [-0.3, -0.25) is 0 Å². The fourth-order valence-electron chi connectivity index (χ4n) is 3.26. The SMILES string of the molecule is CC[C@H]1OB2OC(C)COc3ccc(C4CC4)c1c32. The summed E-state index contributed by atoms with van der Waals surface area (Å²) in [4.78, 5) is 0. The average molecular weight is 258 g/mol. The molecule has 100 valence electrons. The van der Waals surface area contributed by atoms with E-state index >= 15 is 0 Å². The van der Waals surface area contributed by atoms with Crippen LogP contribution in [0.1, 0.15) is 56.3 Å². The van der Waals surface area contributed by atoms with Gasteiger partial charge in [0, 0.05) is 5.46 Å². The van der Waals surface area contributed by atoms with E-state index in [1.54, 1.807) is 0 Å². The molecule has 1 unspecified atom stereocenters. The molecule has 1 saturated carbocycles. The van der Waals surface area contributed by atoms with Crippen LogP contribution in [0.5, 0.6) is 5.75 Å². The predicted octanol–water partition coefficient (Wildman–Crippen LogP) is 2.54. The smallest absolute Gasteiger partial charge is 0.491 e. The van der Waals surface area contributed by atoms with E-state index in [0.717, 1.165) is 18.1 Å². The van der Waals surface area contributed by atoms with Crippen LogP contribution in [0.25, 0.3) is 0 Å². The van der Waals surface area contributed by atoms with E-state index in [-0.39, 0.29) is 19.3 Å². The van der Waals surface area contributed by atoms with Gasteiger partial charge in [0.1, 0.15) is 12.4 Å². The molecule has 0 bridgehead atoms. The van der Waals surface area contributed by atoms with Crippen LogP contribution >= 0.6 is 0 Å². The summed E-state index contributed by atoms with van der Waals surface area (Å²) in [5.74, 6) is 1.70. The molecule has 3 nitrogen and oxygen atoms in total. The minimum absolute atomic E-state index is 0.0743. The molecule has 1 fully saturated rings. The molecule has 3 aliphatic rings. The lowest BCUT2D eigenvalue weighted by Gasteiger charge is -2.17. The Morgan fingerprint density at radius 2 is 2.11 bits per heavy atom. The molecule has 0 N–H and O–H groups in total. The highest BCUT2D eigenvalue weighted by Crippen LogP contribution is 2.46. The van der Waals surface area contributed by atoms with Gasteiger partial charge in [0.2, 0.25) is 0 Å². The lowest BCUT2D eigenvalue weighted by atomic mass is 9.75. The van der Waals surface area contributed by atoms with Crippen molar-refractivity contribution in [1.82, 2.24) is 0 Å². The van der Waals surface area contributed by atoms with Gasteiger partial charge in [-0.2, -0.15) is 0 Å². The number of hydrogen-bond acceptors (Lipinski definition) is 3. The van der Waals surface area contributed by atoms with Crippen molar-refractivity contribution in [1.29, 1.82) is 0 Å². The summed E-state index contributed by atoms with van der Waals surface area (Å²) < 4.78 is 18.0. The standard InChI is InChI=1S/C15H19BO3/c1-3-12-14-11(10-4-5-10)6-7-13-15(14)16(19-12)18-9(2)8-17-13/h6-7,9-10,12H,3-5,8H2,1-2H3/t9?,12-/m1/s1. The summed E-state index contributed by atoms with van der Waals surface area (Å²) in [5.41, 5.74) is 4.00. The third-order valence-corrected chi connectivity index (χ3v) is 4.34. The zero-order chi connectivity index (χ0) is 13.0. The second kappa shape index (κ2) is 4.25. The zero-order valence-corrected chi connectivity index (χ0v) is 11.5. The van der Waals surface area contributed by atoms with Gasteiger partial charge in [0.05, 0.1) is 12.2 Å². The van der Waals surface area contributed by atoms with Crippen LogP contribution in [-0.4, -0.2) is 19.8 Å². The van der Waals surface area contributed by atoms with Crippen LogP contribution in [-0.2, 0) is 9.31 Å². The Morgan fingerprint density at radius 3 is 2.84 bits per heavy atom. The van der Waals surface area contributed by atoms with Crippen molar-refractivity contribution >= 4 is 12.6 Å². The number of benzene rings is 1. The van der Waals surface area contributed by atoms with Crippen molar-refractivity contribution in [3.05, 3.63) is 23.3 Å². The van der Waals surface area contributed by atoms with Crippen molar-refractivity contribution < 1.29 is 14.0 Å². The molecule has 4 heteroatoms. The van der Waals surface area contributed by atoms with Gasteiger partial charge >= 0.3 is 7.12 Å². The summed E-state index contributed by atoms with van der Waals surface area (Å²) in [6.45, 7) is 4.82. The van der Waals surface area contributed by atoms with Gasteiger partial charge in [-0.05, 0) is 49.3 Å². The van der Waals surface area contributed by atoms with Crippen molar-refractivity contribution in [2.24, 2.45) is 0 Å². The summed E-state index contributed by atoms with van der Waals surface area (Å²) in [7, 11) is -0.230. The van der Waals surface area contributed by atoms with Gasteiger partial charge < -0.3 is 14.0 Å². The van der Waals surface area contributed by atoms with Crippen molar-refractivity contribution in [3.8, 4) is 5.75 Å². The maximum atomic E-state index is 6.13. The zero-order valence-electron chi connectivity index (χ0n) is 11.5. The molecule has 1 aromatic carbocycles. The van der Waals surface area contributed by atoms with Crippen molar-refractivity contribution in [3.63, 3.8) is 0 Å². The molecule has 19 heavy (non-hydrogen) atoms. The first-order valence-electron chi connectivity index (χ1n) is 7.38. The molecule has 0 spiro atoms. The third kappa shape index (κ3) is 1.81. The maximum Gasteiger partial charge on any atom is 0.498 e. The van der Waals surface area contributed by atoms with Crippen LogP contribution < -0.4 is 10.2 Å². The summed E-state index contributed by atoms with van der Waals surface area (Å²) in [6.07, 6.45) is 3.86. The Morgan fingerprint density at radius 1 is 1.26 bits per heavy atom. The highest BCUT2D eigenvalue weighted by Gasteiger charge is 2.45. The maximum absolute atomic E-state index is 6.13. The largest absolute Gasteiger partial charge is 0.498 e. The van der Waals surface area contributed by atoms with E-state index in [9.17, 15) is 0 Å². The number of rotatable bonds is 2. The Labute approximate surface area is 114 Å². The van der Waals surface area contributed by atoms with Crippen molar-refractivity contribution in [2.45, 2.75) is 51.2 Å². The Balaban J connectivity index is 1.87. The summed E-state index contributed by atoms with van der Waals surface area (Å²) in [5, 5.41) is 0. The highest BCUT2D eigenvalue weighted by molar-refractivity contribution is 6.64. The molecule has 4 rings (SSSR count). The van der Waals surface area contributed by atoms with E-state index in [2.05, 4.69) is 19.1 Å². The minimum atomic E-state index is -0.230. The predicted molar refractivity (Wildman–Crippen MR) is 74.0 cm³/mol. The van der Waals surface area contributed by atoms with Crippen LogP contribution in [0.2, 0.25) is 0 Å². The van der Waals surface area contributed by atoms with E-state index in [1.807, 2.05) is 6.92 Å². The lowest BCUT2D eigenvalue weighted by molar-refractivity contribution is 0.0975. The highest BCUT2D eigenvalue weighted by atomic mass is 16.6. The molecular formula is C15H19BO3. The first-order valence-corrected chi connectivity index (χ1v) is 7.38. The van der Waals surface area contributed by atoms with Crippen LogP contribution in [0.15, 0.2) is 12.1 Å². The van der Waals surface area contributed by atoms with Gasteiger partial charge in [-0.15, -0.1) is 0 Å². The molecule has 0 saturated heterocycles. The normalized spacial score (nSPS) is 28.8. The van der Waals surface area contributed by atoms with E-state index in [1.165, 1.54) is 29.4 Å². The molecule has 0 aromatic heterocycles. The topological polar surface area (TPSA) is 27.7 Å². The molecule has 0 amide bonds. The monoisotopic (exact) mass is 258 g/mol. The molecule has 0 radical (unpaired) electrons. The number of ether oxygens (including phenoxy) is 1. The van der Waals surface area contributed by atoms with Crippen molar-refractivity contribution in [2.75, 3.05) is 6.61 Å². The van der Waals surface area contributed by atoms with E-state index in [4.69, 9.17) is 14.0 Å². The second-order valence-electron chi connectivity index (χ2n) is 5.88. The summed E-state index contributed by atoms with van der Waals surface area (Å²) in [6, 6.07) is 4.36. The van der Waals surface area contributed by atoms with E-state index in [0.29, 0.717) is 6.61 Å². The van der Waals surface area contributed by atoms with Crippen LogP contribution in [0.4, 0.5) is 0 Å². The number of hydrogen-bond donors (Lipinski definition) is 0. The molecule has 1 aromatic rings. The summed E-state index contributed by atoms with van der Waals surface area (Å²) >= 11 is 0. The molecule has 2 atom stereocenters. The van der Waals surface area contributed by atoms with E-state index < -0.39 is 0 Å². The Bertz CT molecular complexity index is 512. The van der Waals surface area contributed by atoms with Crippen LogP contribution in [0, 0.1) is 0 Å². The Hall–Kier alpha value is -0.995. The molecular weight excluding hydrogens is 239 g/mol. The molecule has 2 aliphatic heterocycles. The first-order chi connectivity index (χ1) is 9.28. The Kier molecular flexibility index (Phi) is 2.64. The molecule has 1 aliphatic carbocycles. The van der Waals surface area contributed by atoms with Gasteiger partial charge in [0.15, 0.2) is 0 Å². The van der Waals surface area contributed by atoms with Gasteiger partial charge in [-0.25, -0.2) is 0 Å². The molecule has 2 heterocycles. The quantitative estimate of drug-likeness (QED) is 0.763.